The van der Waals surface area contributed by atoms with E-state index in [0.717, 1.165) is 27.2 Å². The molecule has 0 N–H and O–H groups in total. The van der Waals surface area contributed by atoms with Crippen LogP contribution in [0, 0.1) is 5.82 Å². The predicted octanol–water partition coefficient (Wildman–Crippen LogP) is 5.01. The van der Waals surface area contributed by atoms with E-state index < -0.39 is 0 Å². The third kappa shape index (κ3) is 3.48. The van der Waals surface area contributed by atoms with Crippen molar-refractivity contribution in [3.05, 3.63) is 64.4 Å². The lowest BCUT2D eigenvalue weighted by Gasteiger charge is -2.23. The highest BCUT2D eigenvalue weighted by Crippen LogP contribution is 2.31. The number of para-hydroxylation sites is 1. The fraction of sp³-hybridized carbons (Fsp3) is 0.200. The molecule has 2 rings (SSSR count). The zero-order valence-electron chi connectivity index (χ0n) is 10.5. The molecule has 0 saturated carbocycles. The van der Waals surface area contributed by atoms with Crippen LogP contribution in [0.2, 0.25) is 5.02 Å². The van der Waals surface area contributed by atoms with Gasteiger partial charge < -0.3 is 4.90 Å². The van der Waals surface area contributed by atoms with Crippen molar-refractivity contribution in [1.82, 2.24) is 0 Å². The van der Waals surface area contributed by atoms with Crippen LogP contribution in [-0.2, 0) is 11.9 Å². The number of alkyl halides is 1. The topological polar surface area (TPSA) is 3.24 Å². The van der Waals surface area contributed by atoms with Crippen molar-refractivity contribution >= 4 is 33.2 Å². The van der Waals surface area contributed by atoms with Crippen molar-refractivity contribution < 1.29 is 4.39 Å². The molecule has 0 radical (unpaired) electrons. The van der Waals surface area contributed by atoms with E-state index in [9.17, 15) is 4.39 Å². The van der Waals surface area contributed by atoms with E-state index in [1.165, 1.54) is 12.1 Å². The predicted molar refractivity (Wildman–Crippen MR) is 82.6 cm³/mol. The second-order valence-electron chi connectivity index (χ2n) is 4.36. The second kappa shape index (κ2) is 6.40. The van der Waals surface area contributed by atoms with Crippen molar-refractivity contribution in [3.63, 3.8) is 0 Å². The molecule has 0 aromatic heterocycles. The van der Waals surface area contributed by atoms with Crippen molar-refractivity contribution in [2.75, 3.05) is 11.9 Å². The molecule has 0 spiro atoms. The van der Waals surface area contributed by atoms with Crippen LogP contribution in [0.5, 0.6) is 0 Å². The minimum absolute atomic E-state index is 0.217. The van der Waals surface area contributed by atoms with Crippen molar-refractivity contribution in [2.45, 2.75) is 11.9 Å². The summed E-state index contributed by atoms with van der Waals surface area (Å²) in [4.78, 5) is 2.08. The molecule has 0 fully saturated rings. The Kier molecular flexibility index (Phi) is 4.83. The molecule has 19 heavy (non-hydrogen) atoms. The Balaban J connectivity index is 2.24. The van der Waals surface area contributed by atoms with Gasteiger partial charge in [-0.05, 0) is 29.3 Å². The summed E-state index contributed by atoms with van der Waals surface area (Å²) in [7, 11) is 1.98. The highest BCUT2D eigenvalue weighted by molar-refractivity contribution is 9.08. The summed E-state index contributed by atoms with van der Waals surface area (Å²) in [5.41, 5.74) is 3.19. The summed E-state index contributed by atoms with van der Waals surface area (Å²) < 4.78 is 12.9. The molecule has 0 atom stereocenters. The second-order valence-corrected chi connectivity index (χ2v) is 5.33. The van der Waals surface area contributed by atoms with E-state index in [4.69, 9.17) is 11.6 Å². The van der Waals surface area contributed by atoms with Crippen LogP contribution in [-0.4, -0.2) is 7.05 Å². The summed E-state index contributed by atoms with van der Waals surface area (Å²) in [5, 5.41) is 1.47. The van der Waals surface area contributed by atoms with Gasteiger partial charge in [0.25, 0.3) is 0 Å². The number of anilines is 1. The average molecular weight is 343 g/mol. The Morgan fingerprint density at radius 3 is 2.47 bits per heavy atom. The van der Waals surface area contributed by atoms with Crippen LogP contribution in [0.25, 0.3) is 0 Å². The van der Waals surface area contributed by atoms with Crippen LogP contribution in [0.1, 0.15) is 11.1 Å². The van der Waals surface area contributed by atoms with Crippen LogP contribution in [0.4, 0.5) is 10.1 Å². The molecular formula is C15H14BrClFN. The van der Waals surface area contributed by atoms with E-state index in [-0.39, 0.29) is 5.82 Å². The number of benzene rings is 2. The average Bonchev–Trinajstić information content (AvgIpc) is 2.40. The van der Waals surface area contributed by atoms with E-state index in [1.807, 2.05) is 25.2 Å². The van der Waals surface area contributed by atoms with E-state index in [1.54, 1.807) is 12.1 Å². The maximum Gasteiger partial charge on any atom is 0.123 e. The summed E-state index contributed by atoms with van der Waals surface area (Å²) in [5.74, 6) is -0.217. The molecule has 0 unspecified atom stereocenters. The highest BCUT2D eigenvalue weighted by Gasteiger charge is 2.11. The Morgan fingerprint density at radius 2 is 1.84 bits per heavy atom. The fourth-order valence-corrected chi connectivity index (χ4v) is 2.83. The molecule has 0 amide bonds. The van der Waals surface area contributed by atoms with E-state index in [0.29, 0.717) is 6.54 Å². The molecule has 0 bridgehead atoms. The third-order valence-electron chi connectivity index (χ3n) is 2.93. The molecule has 0 aliphatic carbocycles. The fourth-order valence-electron chi connectivity index (χ4n) is 2.04. The molecule has 0 aliphatic heterocycles. The van der Waals surface area contributed by atoms with Gasteiger partial charge >= 0.3 is 0 Å². The van der Waals surface area contributed by atoms with Crippen LogP contribution in [0.3, 0.4) is 0 Å². The van der Waals surface area contributed by atoms with E-state index >= 15 is 0 Å². The standard InChI is InChI=1S/C15H14BrClFN/c1-19(10-11-5-7-13(18)8-6-11)15-12(9-16)3-2-4-14(15)17/h2-8H,9-10H2,1H3. The minimum Gasteiger partial charge on any atom is -0.369 e. The maximum absolute atomic E-state index is 12.9. The molecule has 0 aliphatic rings. The maximum atomic E-state index is 12.9. The quantitative estimate of drug-likeness (QED) is 0.706. The molecule has 4 heteroatoms. The third-order valence-corrected chi connectivity index (χ3v) is 3.84. The van der Waals surface area contributed by atoms with Crippen molar-refractivity contribution in [1.29, 1.82) is 0 Å². The summed E-state index contributed by atoms with van der Waals surface area (Å²) in [6.07, 6.45) is 0. The molecule has 2 aromatic rings. The SMILES string of the molecule is CN(Cc1ccc(F)cc1)c1c(Cl)cccc1CBr. The van der Waals surface area contributed by atoms with Gasteiger partial charge in [0.2, 0.25) is 0 Å². The molecule has 100 valence electrons. The lowest BCUT2D eigenvalue weighted by molar-refractivity contribution is 0.627. The normalized spacial score (nSPS) is 10.5. The summed E-state index contributed by atoms with van der Waals surface area (Å²) >= 11 is 9.74. The Morgan fingerprint density at radius 1 is 1.16 bits per heavy atom. The Bertz CT molecular complexity index is 557. The van der Waals surface area contributed by atoms with Gasteiger partial charge in [-0.3, -0.25) is 0 Å². The first-order valence-corrected chi connectivity index (χ1v) is 7.40. The van der Waals surface area contributed by atoms with Gasteiger partial charge in [0.1, 0.15) is 5.82 Å². The first kappa shape index (κ1) is 14.4. The largest absolute Gasteiger partial charge is 0.369 e. The van der Waals surface area contributed by atoms with Gasteiger partial charge in [0, 0.05) is 18.9 Å². The van der Waals surface area contributed by atoms with Gasteiger partial charge in [0.05, 0.1) is 10.7 Å². The van der Waals surface area contributed by atoms with Gasteiger partial charge in [-0.25, -0.2) is 4.39 Å². The van der Waals surface area contributed by atoms with Crippen molar-refractivity contribution in [2.24, 2.45) is 0 Å². The van der Waals surface area contributed by atoms with E-state index in [2.05, 4.69) is 20.8 Å². The first-order valence-electron chi connectivity index (χ1n) is 5.90. The number of rotatable bonds is 4. The van der Waals surface area contributed by atoms with Gasteiger partial charge in [-0.15, -0.1) is 0 Å². The molecule has 0 heterocycles. The molecule has 2 aromatic carbocycles. The Labute approximate surface area is 126 Å². The smallest absolute Gasteiger partial charge is 0.123 e. The number of hydrogen-bond acceptors (Lipinski definition) is 1. The molecule has 1 nitrogen and oxygen atoms in total. The zero-order valence-corrected chi connectivity index (χ0v) is 12.9. The number of hydrogen-bond donors (Lipinski definition) is 0. The monoisotopic (exact) mass is 341 g/mol. The number of nitrogens with zero attached hydrogens (tertiary/aromatic N) is 1. The van der Waals surface area contributed by atoms with Crippen LogP contribution >= 0.6 is 27.5 Å². The van der Waals surface area contributed by atoms with Gasteiger partial charge in [0.15, 0.2) is 0 Å². The molecule has 0 saturated heterocycles. The van der Waals surface area contributed by atoms with Gasteiger partial charge in [-0.2, -0.15) is 0 Å². The van der Waals surface area contributed by atoms with Crippen molar-refractivity contribution in [3.8, 4) is 0 Å². The lowest BCUT2D eigenvalue weighted by Crippen LogP contribution is -2.18. The minimum atomic E-state index is -0.217. The van der Waals surface area contributed by atoms with Crippen LogP contribution < -0.4 is 4.90 Å². The summed E-state index contributed by atoms with van der Waals surface area (Å²) in [6, 6.07) is 12.4. The van der Waals surface area contributed by atoms with Crippen LogP contribution in [0.15, 0.2) is 42.5 Å². The lowest BCUT2D eigenvalue weighted by atomic mass is 10.1. The first-order chi connectivity index (χ1) is 9.11. The summed E-state index contributed by atoms with van der Waals surface area (Å²) in [6.45, 7) is 0.685. The zero-order chi connectivity index (χ0) is 13.8. The molecular weight excluding hydrogens is 329 g/mol. The number of halogens is 3. The highest BCUT2D eigenvalue weighted by atomic mass is 79.9. The Hall–Kier alpha value is -1.06. The van der Waals surface area contributed by atoms with Gasteiger partial charge in [-0.1, -0.05) is 51.8 Å².